The van der Waals surface area contributed by atoms with Gasteiger partial charge in [-0.05, 0) is 36.6 Å². The predicted octanol–water partition coefficient (Wildman–Crippen LogP) is 2.28. The summed E-state index contributed by atoms with van der Waals surface area (Å²) in [6, 6.07) is 9.92. The molecule has 1 unspecified atom stereocenters. The van der Waals surface area contributed by atoms with E-state index < -0.39 is 0 Å². The van der Waals surface area contributed by atoms with Crippen LogP contribution in [0.3, 0.4) is 0 Å². The molecule has 2 aromatic rings. The van der Waals surface area contributed by atoms with Gasteiger partial charge in [0.1, 0.15) is 5.75 Å². The van der Waals surface area contributed by atoms with Gasteiger partial charge < -0.3 is 15.4 Å². The molecule has 2 rings (SSSR count). The topological polar surface area (TPSA) is 63.5 Å². The molecule has 0 radical (unpaired) electrons. The Morgan fingerprint density at radius 1 is 1.33 bits per heavy atom. The minimum absolute atomic E-state index is 0.450. The van der Waals surface area contributed by atoms with Crippen LogP contribution < -0.4 is 15.4 Å². The van der Waals surface area contributed by atoms with E-state index in [0.717, 1.165) is 36.9 Å². The summed E-state index contributed by atoms with van der Waals surface area (Å²) in [5.74, 6) is 2.13. The zero-order valence-corrected chi connectivity index (χ0v) is 14.7. The smallest absolute Gasteiger partial charge is 0.191 e. The molecule has 0 amide bonds. The van der Waals surface area contributed by atoms with Crippen LogP contribution >= 0.6 is 0 Å². The van der Waals surface area contributed by atoms with Crippen molar-refractivity contribution in [3.63, 3.8) is 0 Å². The van der Waals surface area contributed by atoms with E-state index in [1.807, 2.05) is 35.1 Å². The van der Waals surface area contributed by atoms with Crippen molar-refractivity contribution in [3.05, 3.63) is 48.3 Å². The molecule has 130 valence electrons. The predicted molar refractivity (Wildman–Crippen MR) is 97.2 cm³/mol. The summed E-state index contributed by atoms with van der Waals surface area (Å²) in [6.07, 6.45) is 3.79. The number of aliphatic imine (C=N–C) groups is 1. The van der Waals surface area contributed by atoms with E-state index in [2.05, 4.69) is 40.6 Å². The lowest BCUT2D eigenvalue weighted by Crippen LogP contribution is -2.40. The molecule has 6 heteroatoms. The normalized spacial score (nSPS) is 12.7. The Kier molecular flexibility index (Phi) is 7.14. The zero-order chi connectivity index (χ0) is 17.2. The molecule has 6 nitrogen and oxygen atoms in total. The minimum Gasteiger partial charge on any atom is -0.497 e. The number of nitrogens with zero attached hydrogens (tertiary/aromatic N) is 3. The number of rotatable bonds is 8. The fourth-order valence-corrected chi connectivity index (χ4v) is 2.35. The Bertz CT molecular complexity index is 624. The second-order valence-corrected chi connectivity index (χ2v) is 5.76. The summed E-state index contributed by atoms with van der Waals surface area (Å²) in [7, 11) is 1.68. The van der Waals surface area contributed by atoms with E-state index in [1.54, 1.807) is 13.3 Å². The van der Waals surface area contributed by atoms with Crippen LogP contribution in [-0.4, -0.2) is 35.9 Å². The van der Waals surface area contributed by atoms with Gasteiger partial charge in [0, 0.05) is 32.0 Å². The maximum Gasteiger partial charge on any atom is 0.191 e. The Labute approximate surface area is 143 Å². The van der Waals surface area contributed by atoms with Gasteiger partial charge in [0.25, 0.3) is 0 Å². The van der Waals surface area contributed by atoms with Crippen LogP contribution in [0.1, 0.15) is 19.4 Å². The largest absolute Gasteiger partial charge is 0.497 e. The highest BCUT2D eigenvalue weighted by Gasteiger charge is 2.05. The van der Waals surface area contributed by atoms with Gasteiger partial charge in [0.05, 0.1) is 13.7 Å². The monoisotopic (exact) mass is 329 g/mol. The van der Waals surface area contributed by atoms with Gasteiger partial charge >= 0.3 is 0 Å². The van der Waals surface area contributed by atoms with Crippen LogP contribution in [0.4, 0.5) is 0 Å². The highest BCUT2D eigenvalue weighted by Crippen LogP contribution is 2.13. The third kappa shape index (κ3) is 5.95. The van der Waals surface area contributed by atoms with Gasteiger partial charge in [0.15, 0.2) is 5.96 Å². The van der Waals surface area contributed by atoms with Crippen LogP contribution in [-0.2, 0) is 13.1 Å². The van der Waals surface area contributed by atoms with Gasteiger partial charge in [-0.25, -0.2) is 4.99 Å². The van der Waals surface area contributed by atoms with Crippen LogP contribution in [0, 0.1) is 5.92 Å². The third-order valence-corrected chi connectivity index (χ3v) is 3.57. The molecule has 1 aromatic heterocycles. The first kappa shape index (κ1) is 17.8. The van der Waals surface area contributed by atoms with E-state index >= 15 is 0 Å². The molecular formula is C18H27N5O. The first-order chi connectivity index (χ1) is 11.7. The molecule has 0 aliphatic heterocycles. The van der Waals surface area contributed by atoms with Crippen molar-refractivity contribution in [1.29, 1.82) is 0 Å². The molecule has 1 heterocycles. The molecule has 0 aliphatic rings. The summed E-state index contributed by atoms with van der Waals surface area (Å²) >= 11 is 0. The lowest BCUT2D eigenvalue weighted by molar-refractivity contribution is 0.414. The van der Waals surface area contributed by atoms with Crippen molar-refractivity contribution < 1.29 is 4.74 Å². The molecule has 0 fully saturated rings. The molecule has 2 N–H and O–H groups in total. The van der Waals surface area contributed by atoms with E-state index in [-0.39, 0.29) is 0 Å². The number of methoxy groups -OCH3 is 1. The summed E-state index contributed by atoms with van der Waals surface area (Å²) < 4.78 is 7.20. The summed E-state index contributed by atoms with van der Waals surface area (Å²) in [4.78, 5) is 4.64. The number of nitrogens with one attached hydrogen (secondary N) is 2. The van der Waals surface area contributed by atoms with Gasteiger partial charge in [-0.15, -0.1) is 0 Å². The molecule has 0 saturated heterocycles. The number of aromatic nitrogens is 2. The standard InChI is InChI=1S/C18H27N5O/c1-4-19-18(20-12-15(2)14-23-10-6-9-22-23)21-13-16-7-5-8-17(11-16)24-3/h5-11,15H,4,12-14H2,1-3H3,(H2,19,20,21). The minimum atomic E-state index is 0.450. The Morgan fingerprint density at radius 2 is 2.21 bits per heavy atom. The maximum atomic E-state index is 5.25. The second kappa shape index (κ2) is 9.60. The highest BCUT2D eigenvalue weighted by molar-refractivity contribution is 5.79. The quantitative estimate of drug-likeness (QED) is 0.576. The number of guanidine groups is 1. The first-order valence-electron chi connectivity index (χ1n) is 8.33. The SMILES string of the molecule is CCNC(=NCc1cccc(OC)c1)NCC(C)Cn1cccn1. The van der Waals surface area contributed by atoms with E-state index in [4.69, 9.17) is 4.74 Å². The molecular weight excluding hydrogens is 302 g/mol. The van der Waals surface area contributed by atoms with Gasteiger partial charge in [0.2, 0.25) is 0 Å². The lowest BCUT2D eigenvalue weighted by atomic mass is 10.2. The summed E-state index contributed by atoms with van der Waals surface area (Å²) in [5, 5.41) is 10.9. The number of ether oxygens (including phenoxy) is 1. The summed E-state index contributed by atoms with van der Waals surface area (Å²) in [6.45, 7) is 7.42. The van der Waals surface area contributed by atoms with Crippen molar-refractivity contribution >= 4 is 5.96 Å². The number of benzene rings is 1. The Balaban J connectivity index is 1.87. The molecule has 0 saturated carbocycles. The number of hydrogen-bond acceptors (Lipinski definition) is 3. The highest BCUT2D eigenvalue weighted by atomic mass is 16.5. The van der Waals surface area contributed by atoms with Gasteiger partial charge in [-0.3, -0.25) is 4.68 Å². The average molecular weight is 329 g/mol. The van der Waals surface area contributed by atoms with Crippen LogP contribution in [0.5, 0.6) is 5.75 Å². The molecule has 0 spiro atoms. The van der Waals surface area contributed by atoms with Crippen molar-refractivity contribution in [1.82, 2.24) is 20.4 Å². The zero-order valence-electron chi connectivity index (χ0n) is 14.7. The average Bonchev–Trinajstić information content (AvgIpc) is 3.10. The first-order valence-corrected chi connectivity index (χ1v) is 8.33. The van der Waals surface area contributed by atoms with E-state index in [1.165, 1.54) is 0 Å². The van der Waals surface area contributed by atoms with E-state index in [0.29, 0.717) is 12.5 Å². The van der Waals surface area contributed by atoms with Crippen molar-refractivity contribution in [2.45, 2.75) is 26.9 Å². The van der Waals surface area contributed by atoms with Crippen LogP contribution in [0.15, 0.2) is 47.7 Å². The lowest BCUT2D eigenvalue weighted by Gasteiger charge is -2.16. The number of hydrogen-bond donors (Lipinski definition) is 2. The maximum absolute atomic E-state index is 5.25. The fourth-order valence-electron chi connectivity index (χ4n) is 2.35. The second-order valence-electron chi connectivity index (χ2n) is 5.76. The Hall–Kier alpha value is -2.50. The van der Waals surface area contributed by atoms with Crippen LogP contribution in [0.25, 0.3) is 0 Å². The third-order valence-electron chi connectivity index (χ3n) is 3.57. The van der Waals surface area contributed by atoms with Crippen molar-refractivity contribution in [2.75, 3.05) is 20.2 Å². The Morgan fingerprint density at radius 3 is 2.92 bits per heavy atom. The molecule has 1 atom stereocenters. The van der Waals surface area contributed by atoms with Crippen molar-refractivity contribution in [2.24, 2.45) is 10.9 Å². The molecule has 0 bridgehead atoms. The molecule has 24 heavy (non-hydrogen) atoms. The molecule has 0 aliphatic carbocycles. The van der Waals surface area contributed by atoms with Gasteiger partial charge in [-0.2, -0.15) is 5.10 Å². The van der Waals surface area contributed by atoms with Crippen molar-refractivity contribution in [3.8, 4) is 5.75 Å². The fraction of sp³-hybridized carbons (Fsp3) is 0.444. The van der Waals surface area contributed by atoms with Gasteiger partial charge in [-0.1, -0.05) is 19.1 Å². The van der Waals surface area contributed by atoms with E-state index in [9.17, 15) is 0 Å². The molecule has 1 aromatic carbocycles. The van der Waals surface area contributed by atoms with Crippen LogP contribution in [0.2, 0.25) is 0 Å². The summed E-state index contributed by atoms with van der Waals surface area (Å²) in [5.41, 5.74) is 1.12.